The number of ether oxygens (including phenoxy) is 2. The summed E-state index contributed by atoms with van der Waals surface area (Å²) in [5.74, 6) is -0.484. The number of halogens is 2. The molecule has 0 saturated carbocycles. The Morgan fingerprint density at radius 1 is 1.13 bits per heavy atom. The van der Waals surface area contributed by atoms with Crippen LogP contribution in [0.25, 0.3) is 11.8 Å². The SMILES string of the molecule is CCOC(=O)C1=C(c2ccccc2)N=c2s/c(=C/c3cc(Cl)ccc3OC)c(=O)n2C1c1ccc(F)cc1. The molecule has 1 aliphatic heterocycles. The van der Waals surface area contributed by atoms with E-state index in [0.717, 1.165) is 0 Å². The van der Waals surface area contributed by atoms with Crippen LogP contribution in [0, 0.1) is 5.82 Å². The Morgan fingerprint density at radius 3 is 2.55 bits per heavy atom. The molecule has 1 aliphatic rings. The van der Waals surface area contributed by atoms with E-state index in [2.05, 4.69) is 0 Å². The van der Waals surface area contributed by atoms with Crippen molar-refractivity contribution >= 4 is 40.7 Å². The molecule has 0 bridgehead atoms. The minimum absolute atomic E-state index is 0.138. The second-order valence-electron chi connectivity index (χ2n) is 8.37. The minimum atomic E-state index is -0.885. The van der Waals surface area contributed by atoms with E-state index in [1.54, 1.807) is 43.3 Å². The molecule has 1 atom stereocenters. The van der Waals surface area contributed by atoms with E-state index in [9.17, 15) is 14.0 Å². The summed E-state index contributed by atoms with van der Waals surface area (Å²) in [5.41, 5.74) is 2.09. The van der Waals surface area contributed by atoms with Gasteiger partial charge in [-0.25, -0.2) is 14.2 Å². The predicted octanol–water partition coefficient (Wildman–Crippen LogP) is 4.74. The maximum Gasteiger partial charge on any atom is 0.338 e. The number of benzene rings is 3. The van der Waals surface area contributed by atoms with Crippen LogP contribution < -0.4 is 19.6 Å². The van der Waals surface area contributed by atoms with Crippen molar-refractivity contribution in [1.29, 1.82) is 0 Å². The third kappa shape index (κ3) is 4.80. The first-order valence-electron chi connectivity index (χ1n) is 11.8. The number of fused-ring (bicyclic) bond motifs is 1. The van der Waals surface area contributed by atoms with Gasteiger partial charge in [0.05, 0.1) is 35.6 Å². The number of nitrogens with zero attached hydrogens (tertiary/aromatic N) is 2. The molecule has 0 aliphatic carbocycles. The lowest BCUT2D eigenvalue weighted by Crippen LogP contribution is -2.40. The maximum atomic E-state index is 13.9. The van der Waals surface area contributed by atoms with Crippen molar-refractivity contribution in [3.05, 3.63) is 126 Å². The first-order valence-corrected chi connectivity index (χ1v) is 13.0. The monoisotopic (exact) mass is 548 g/mol. The van der Waals surface area contributed by atoms with Gasteiger partial charge in [-0.2, -0.15) is 0 Å². The molecule has 0 fully saturated rings. The fourth-order valence-electron chi connectivity index (χ4n) is 4.36. The predicted molar refractivity (Wildman–Crippen MR) is 145 cm³/mol. The van der Waals surface area contributed by atoms with E-state index in [4.69, 9.17) is 26.1 Å². The van der Waals surface area contributed by atoms with Gasteiger partial charge < -0.3 is 9.47 Å². The zero-order chi connectivity index (χ0) is 26.8. The van der Waals surface area contributed by atoms with E-state index in [1.807, 2.05) is 30.3 Å². The summed E-state index contributed by atoms with van der Waals surface area (Å²) in [4.78, 5) is 32.5. The van der Waals surface area contributed by atoms with Crippen molar-refractivity contribution < 1.29 is 18.7 Å². The van der Waals surface area contributed by atoms with Crippen molar-refractivity contribution in [2.24, 2.45) is 4.99 Å². The van der Waals surface area contributed by atoms with E-state index in [-0.39, 0.29) is 17.7 Å². The quantitative estimate of drug-likeness (QED) is 0.326. The van der Waals surface area contributed by atoms with Gasteiger partial charge in [-0.3, -0.25) is 9.36 Å². The molecular formula is C29H22ClFN2O4S. The summed E-state index contributed by atoms with van der Waals surface area (Å²) in [6.07, 6.45) is 1.69. The van der Waals surface area contributed by atoms with Crippen molar-refractivity contribution in [2.45, 2.75) is 13.0 Å². The lowest BCUT2D eigenvalue weighted by Gasteiger charge is -2.25. The molecule has 192 valence electrons. The van der Waals surface area contributed by atoms with E-state index in [1.165, 1.54) is 35.1 Å². The molecule has 4 aromatic rings. The Balaban J connectivity index is 1.84. The Morgan fingerprint density at radius 2 is 1.87 bits per heavy atom. The van der Waals surface area contributed by atoms with Crippen molar-refractivity contribution in [1.82, 2.24) is 4.57 Å². The molecular weight excluding hydrogens is 527 g/mol. The molecule has 0 spiro atoms. The summed E-state index contributed by atoms with van der Waals surface area (Å²) < 4.78 is 26.6. The number of carbonyl (C=O) groups is 1. The van der Waals surface area contributed by atoms with E-state index >= 15 is 0 Å². The van der Waals surface area contributed by atoms with Gasteiger partial charge in [-0.15, -0.1) is 0 Å². The molecule has 1 aromatic heterocycles. The zero-order valence-electron chi connectivity index (χ0n) is 20.5. The van der Waals surface area contributed by atoms with Gasteiger partial charge in [0, 0.05) is 16.1 Å². The number of aromatic nitrogens is 1. The molecule has 0 amide bonds. The van der Waals surface area contributed by atoms with Crippen molar-refractivity contribution in [3.8, 4) is 5.75 Å². The minimum Gasteiger partial charge on any atom is -0.496 e. The topological polar surface area (TPSA) is 69.9 Å². The number of hydrogen-bond acceptors (Lipinski definition) is 6. The highest BCUT2D eigenvalue weighted by molar-refractivity contribution is 7.07. The summed E-state index contributed by atoms with van der Waals surface area (Å²) in [6, 6.07) is 19.2. The van der Waals surface area contributed by atoms with Crippen LogP contribution in [0.2, 0.25) is 5.02 Å². The number of methoxy groups -OCH3 is 1. The molecule has 6 nitrogen and oxygen atoms in total. The highest BCUT2D eigenvalue weighted by atomic mass is 35.5. The summed E-state index contributed by atoms with van der Waals surface area (Å²) in [7, 11) is 1.54. The normalized spacial score (nSPS) is 15.2. The maximum absolute atomic E-state index is 13.9. The van der Waals surface area contributed by atoms with Gasteiger partial charge in [0.25, 0.3) is 5.56 Å². The van der Waals surface area contributed by atoms with Crippen LogP contribution in [0.15, 0.2) is 88.2 Å². The van der Waals surface area contributed by atoms with Crippen LogP contribution >= 0.6 is 22.9 Å². The number of rotatable bonds is 6. The summed E-state index contributed by atoms with van der Waals surface area (Å²) in [5, 5.41) is 0.491. The molecule has 2 heterocycles. The van der Waals surface area contributed by atoms with Crippen molar-refractivity contribution in [3.63, 3.8) is 0 Å². The number of esters is 1. The van der Waals surface area contributed by atoms with Crippen LogP contribution in [0.4, 0.5) is 4.39 Å². The Hall–Kier alpha value is -4.01. The summed E-state index contributed by atoms with van der Waals surface area (Å²) >= 11 is 7.38. The Labute approximate surface area is 226 Å². The van der Waals surface area contributed by atoms with Crippen molar-refractivity contribution in [2.75, 3.05) is 13.7 Å². The molecule has 0 saturated heterocycles. The van der Waals surface area contributed by atoms with Gasteiger partial charge in [0.2, 0.25) is 0 Å². The standard InChI is InChI=1S/C29H22ClFN2O4S/c1-3-37-28(35)24-25(17-7-5-4-6-8-17)32-29-33(26(24)18-9-12-21(31)13-10-18)27(34)23(38-29)16-19-15-20(30)11-14-22(19)36-2/h4-16,26H,3H2,1-2H3/b23-16+. The second-order valence-corrected chi connectivity index (χ2v) is 9.81. The first-order chi connectivity index (χ1) is 18.4. The van der Waals surface area contributed by atoms with Gasteiger partial charge >= 0.3 is 5.97 Å². The smallest absolute Gasteiger partial charge is 0.338 e. The Bertz CT molecular complexity index is 1730. The number of carbonyl (C=O) groups excluding carboxylic acids is 1. The average Bonchev–Trinajstić information content (AvgIpc) is 3.23. The number of hydrogen-bond donors (Lipinski definition) is 0. The average molecular weight is 549 g/mol. The van der Waals surface area contributed by atoms with Crippen LogP contribution in [0.3, 0.4) is 0 Å². The van der Waals surface area contributed by atoms with Crippen LogP contribution in [0.5, 0.6) is 5.75 Å². The van der Waals surface area contributed by atoms with Crippen LogP contribution in [-0.4, -0.2) is 24.3 Å². The molecule has 0 radical (unpaired) electrons. The highest BCUT2D eigenvalue weighted by Crippen LogP contribution is 2.35. The highest BCUT2D eigenvalue weighted by Gasteiger charge is 2.35. The summed E-state index contributed by atoms with van der Waals surface area (Å²) in [6.45, 7) is 1.85. The fraction of sp³-hybridized carbons (Fsp3) is 0.138. The first kappa shape index (κ1) is 25.6. The second kappa shape index (κ2) is 10.8. The van der Waals surface area contributed by atoms with Crippen LogP contribution in [-0.2, 0) is 9.53 Å². The van der Waals surface area contributed by atoms with Crippen LogP contribution in [0.1, 0.15) is 29.7 Å². The lowest BCUT2D eigenvalue weighted by molar-refractivity contribution is -0.138. The third-order valence-corrected chi connectivity index (χ3v) is 7.26. The molecule has 3 aromatic carbocycles. The fourth-order valence-corrected chi connectivity index (χ4v) is 5.53. The van der Waals surface area contributed by atoms with Gasteiger partial charge in [0.1, 0.15) is 11.6 Å². The molecule has 0 N–H and O–H groups in total. The molecule has 9 heteroatoms. The number of thiazole rings is 1. The van der Waals surface area contributed by atoms with E-state index < -0.39 is 17.8 Å². The molecule has 1 unspecified atom stereocenters. The third-order valence-electron chi connectivity index (χ3n) is 6.04. The van der Waals surface area contributed by atoms with Gasteiger partial charge in [-0.1, -0.05) is 65.4 Å². The lowest BCUT2D eigenvalue weighted by atomic mass is 9.93. The molecule has 38 heavy (non-hydrogen) atoms. The van der Waals surface area contributed by atoms with Gasteiger partial charge in [0.15, 0.2) is 4.80 Å². The largest absolute Gasteiger partial charge is 0.496 e. The Kier molecular flexibility index (Phi) is 7.26. The molecule has 5 rings (SSSR count). The van der Waals surface area contributed by atoms with Gasteiger partial charge in [-0.05, 0) is 48.9 Å². The van der Waals surface area contributed by atoms with E-state index in [0.29, 0.717) is 42.5 Å². The zero-order valence-corrected chi connectivity index (χ0v) is 22.1.